The van der Waals surface area contributed by atoms with E-state index in [0.29, 0.717) is 10.2 Å². The smallest absolute Gasteiger partial charge is 0.283 e. The standard InChI is InChI=1S/C25H28ClN5OS/c1-5-6-7-8-9-22-29-31-23(27)20(24(32)28-25(31)33-22)13-18-12-16(3)30(17(18)4)21-14-19(26)11-10-15(21)2/h10-14,27H,5-9H2,1-4H3/b20-13-,27-23?. The number of rotatable bonds is 7. The van der Waals surface area contributed by atoms with Gasteiger partial charge in [-0.25, -0.2) is 0 Å². The molecule has 3 heterocycles. The van der Waals surface area contributed by atoms with E-state index >= 15 is 0 Å². The lowest BCUT2D eigenvalue weighted by atomic mass is 10.1. The number of amides is 1. The summed E-state index contributed by atoms with van der Waals surface area (Å²) in [5.74, 6) is -0.324. The second kappa shape index (κ2) is 9.69. The maximum atomic E-state index is 12.8. The highest BCUT2D eigenvalue weighted by atomic mass is 35.5. The van der Waals surface area contributed by atoms with E-state index in [1.165, 1.54) is 29.6 Å². The van der Waals surface area contributed by atoms with Crippen LogP contribution >= 0.6 is 23.4 Å². The number of amidine groups is 2. The number of halogens is 1. The summed E-state index contributed by atoms with van der Waals surface area (Å²) in [6, 6.07) is 7.83. The van der Waals surface area contributed by atoms with Crippen LogP contribution in [-0.2, 0) is 4.79 Å². The van der Waals surface area contributed by atoms with Crippen molar-refractivity contribution in [3.05, 3.63) is 57.4 Å². The third kappa shape index (κ3) is 4.70. The molecule has 1 aromatic heterocycles. The van der Waals surface area contributed by atoms with Gasteiger partial charge in [0.15, 0.2) is 5.84 Å². The van der Waals surface area contributed by atoms with Crippen LogP contribution in [-0.4, -0.2) is 31.5 Å². The van der Waals surface area contributed by atoms with Crippen LogP contribution in [0.5, 0.6) is 0 Å². The van der Waals surface area contributed by atoms with Crippen LogP contribution in [0.25, 0.3) is 11.8 Å². The second-order valence-electron chi connectivity index (χ2n) is 8.42. The molecule has 0 saturated heterocycles. The lowest BCUT2D eigenvalue weighted by Gasteiger charge is -2.20. The molecule has 6 nitrogen and oxygen atoms in total. The van der Waals surface area contributed by atoms with Gasteiger partial charge in [-0.2, -0.15) is 15.1 Å². The molecule has 0 radical (unpaired) electrons. The Labute approximate surface area is 203 Å². The summed E-state index contributed by atoms with van der Waals surface area (Å²) in [6.45, 7) is 8.25. The van der Waals surface area contributed by atoms with Crippen molar-refractivity contribution in [3.8, 4) is 5.69 Å². The number of hydrazone groups is 1. The first kappa shape index (κ1) is 23.5. The molecular weight excluding hydrogens is 454 g/mol. The molecule has 2 aliphatic heterocycles. The number of carbonyl (C=O) groups is 1. The molecule has 1 aromatic carbocycles. The maximum Gasteiger partial charge on any atom is 0.283 e. The van der Waals surface area contributed by atoms with Crippen LogP contribution in [0.15, 0.2) is 39.9 Å². The summed E-state index contributed by atoms with van der Waals surface area (Å²) in [5, 5.41) is 16.8. The summed E-state index contributed by atoms with van der Waals surface area (Å²) >= 11 is 7.65. The van der Waals surface area contributed by atoms with Crippen LogP contribution in [0.1, 0.15) is 61.5 Å². The number of nitrogens with zero attached hydrogens (tertiary/aromatic N) is 4. The summed E-state index contributed by atoms with van der Waals surface area (Å²) < 4.78 is 2.12. The van der Waals surface area contributed by atoms with Crippen molar-refractivity contribution in [2.75, 3.05) is 0 Å². The number of aliphatic imine (C=N–C) groups is 1. The lowest BCUT2D eigenvalue weighted by Crippen LogP contribution is -2.35. The first-order valence-electron chi connectivity index (χ1n) is 11.2. The van der Waals surface area contributed by atoms with Crippen molar-refractivity contribution < 1.29 is 4.79 Å². The summed E-state index contributed by atoms with van der Waals surface area (Å²) in [7, 11) is 0. The molecule has 0 spiro atoms. The Bertz CT molecular complexity index is 1220. The second-order valence-corrected chi connectivity index (χ2v) is 9.89. The number of aromatic nitrogens is 1. The van der Waals surface area contributed by atoms with Gasteiger partial charge in [0, 0.05) is 22.1 Å². The SMILES string of the molecule is CCCCCCC1=NN2C(=N)/C(=C/c3cc(C)n(-c4cc(Cl)ccc4C)c3C)C(=O)N=C2S1. The van der Waals surface area contributed by atoms with Crippen molar-refractivity contribution in [1.82, 2.24) is 9.58 Å². The molecule has 0 bridgehead atoms. The number of fused-ring (bicyclic) bond motifs is 1. The van der Waals surface area contributed by atoms with E-state index < -0.39 is 5.91 Å². The number of nitrogens with one attached hydrogen (secondary N) is 1. The van der Waals surface area contributed by atoms with E-state index in [-0.39, 0.29) is 11.4 Å². The van der Waals surface area contributed by atoms with E-state index in [4.69, 9.17) is 17.0 Å². The molecule has 1 N–H and O–H groups in total. The molecule has 1 amide bonds. The van der Waals surface area contributed by atoms with E-state index in [0.717, 1.165) is 52.5 Å². The quantitative estimate of drug-likeness (QED) is 0.355. The Kier molecular flexibility index (Phi) is 6.91. The van der Waals surface area contributed by atoms with Gasteiger partial charge in [-0.15, -0.1) is 0 Å². The molecule has 0 saturated carbocycles. The number of hydrogen-bond acceptors (Lipinski definition) is 4. The largest absolute Gasteiger partial charge is 0.318 e. The lowest BCUT2D eigenvalue weighted by molar-refractivity contribution is -0.114. The molecule has 0 fully saturated rings. The van der Waals surface area contributed by atoms with Crippen LogP contribution in [0.3, 0.4) is 0 Å². The molecule has 4 rings (SSSR count). The number of aryl methyl sites for hydroxylation is 2. The fraction of sp³-hybridized carbons (Fsp3) is 0.360. The number of hydrogen-bond donors (Lipinski definition) is 1. The van der Waals surface area contributed by atoms with Crippen molar-refractivity contribution in [1.29, 1.82) is 5.41 Å². The number of carbonyl (C=O) groups excluding carboxylic acids is 1. The molecule has 0 atom stereocenters. The molecule has 172 valence electrons. The van der Waals surface area contributed by atoms with E-state index in [1.807, 2.05) is 45.0 Å². The van der Waals surface area contributed by atoms with Gasteiger partial charge in [0.2, 0.25) is 5.17 Å². The number of benzene rings is 1. The molecule has 8 heteroatoms. The Morgan fingerprint density at radius 1 is 1.15 bits per heavy atom. The van der Waals surface area contributed by atoms with E-state index in [2.05, 4.69) is 21.6 Å². The van der Waals surface area contributed by atoms with E-state index in [1.54, 1.807) is 6.08 Å². The Morgan fingerprint density at radius 3 is 2.70 bits per heavy atom. The van der Waals surface area contributed by atoms with Gasteiger partial charge in [0.25, 0.3) is 5.91 Å². The minimum atomic E-state index is -0.398. The van der Waals surface area contributed by atoms with E-state index in [9.17, 15) is 4.79 Å². The minimum Gasteiger partial charge on any atom is -0.318 e. The van der Waals surface area contributed by atoms with Crippen molar-refractivity contribution in [2.45, 2.75) is 59.8 Å². The predicted molar refractivity (Wildman–Crippen MR) is 139 cm³/mol. The van der Waals surface area contributed by atoms with Crippen LogP contribution in [0, 0.1) is 26.2 Å². The predicted octanol–water partition coefficient (Wildman–Crippen LogP) is 6.65. The van der Waals surface area contributed by atoms with Crippen LogP contribution in [0.4, 0.5) is 0 Å². The monoisotopic (exact) mass is 481 g/mol. The van der Waals surface area contributed by atoms with Gasteiger partial charge in [-0.3, -0.25) is 10.2 Å². The zero-order valence-electron chi connectivity index (χ0n) is 19.4. The van der Waals surface area contributed by atoms with Crippen LogP contribution < -0.4 is 0 Å². The van der Waals surface area contributed by atoms with Gasteiger partial charge in [0.1, 0.15) is 5.04 Å². The molecule has 2 aliphatic rings. The Morgan fingerprint density at radius 2 is 1.94 bits per heavy atom. The minimum absolute atomic E-state index is 0.0739. The summed E-state index contributed by atoms with van der Waals surface area (Å²) in [5.41, 5.74) is 5.21. The zero-order valence-corrected chi connectivity index (χ0v) is 21.0. The van der Waals surface area contributed by atoms with Crippen molar-refractivity contribution >= 4 is 51.4 Å². The van der Waals surface area contributed by atoms with Gasteiger partial charge in [0.05, 0.1) is 5.57 Å². The first-order chi connectivity index (χ1) is 15.8. The fourth-order valence-corrected chi connectivity index (χ4v) is 5.21. The third-order valence-electron chi connectivity index (χ3n) is 5.92. The normalized spacial score (nSPS) is 17.0. The van der Waals surface area contributed by atoms with Gasteiger partial charge < -0.3 is 4.57 Å². The summed E-state index contributed by atoms with van der Waals surface area (Å²) in [6.07, 6.45) is 7.20. The highest BCUT2D eigenvalue weighted by Crippen LogP contribution is 2.32. The highest BCUT2D eigenvalue weighted by molar-refractivity contribution is 8.26. The molecule has 0 aliphatic carbocycles. The van der Waals surface area contributed by atoms with Gasteiger partial charge in [-0.05, 0) is 80.8 Å². The fourth-order valence-electron chi connectivity index (χ4n) is 4.12. The first-order valence-corrected chi connectivity index (χ1v) is 12.4. The summed E-state index contributed by atoms with van der Waals surface area (Å²) in [4.78, 5) is 17.0. The maximum absolute atomic E-state index is 12.8. The average molecular weight is 482 g/mol. The van der Waals surface area contributed by atoms with Gasteiger partial charge in [-0.1, -0.05) is 43.9 Å². The zero-order chi connectivity index (χ0) is 23.7. The highest BCUT2D eigenvalue weighted by Gasteiger charge is 2.35. The van der Waals surface area contributed by atoms with Gasteiger partial charge >= 0.3 is 0 Å². The Balaban J connectivity index is 1.63. The molecular formula is C25H28ClN5OS. The van der Waals surface area contributed by atoms with Crippen LogP contribution in [0.2, 0.25) is 5.02 Å². The third-order valence-corrected chi connectivity index (χ3v) is 7.13. The number of thioether (sulfide) groups is 1. The molecule has 2 aromatic rings. The van der Waals surface area contributed by atoms with Crippen molar-refractivity contribution in [3.63, 3.8) is 0 Å². The Hall–Kier alpha value is -2.64. The number of unbranched alkanes of at least 4 members (excludes halogenated alkanes) is 3. The molecule has 33 heavy (non-hydrogen) atoms. The molecule has 0 unspecified atom stereocenters. The van der Waals surface area contributed by atoms with Crippen molar-refractivity contribution in [2.24, 2.45) is 10.1 Å². The topological polar surface area (TPSA) is 73.8 Å². The average Bonchev–Trinajstić information content (AvgIpc) is 3.30.